The number of pyridine rings is 1. The lowest BCUT2D eigenvalue weighted by molar-refractivity contribution is 0.0765. The Kier molecular flexibility index (Phi) is 7.73. The molecular formula is C17H24Cl2N4O. The molecule has 1 aliphatic rings. The third-order valence-corrected chi connectivity index (χ3v) is 4.17. The minimum Gasteiger partial charge on any atom is -0.337 e. The van der Waals surface area contributed by atoms with Gasteiger partial charge in [0, 0.05) is 37.2 Å². The van der Waals surface area contributed by atoms with Crippen molar-refractivity contribution in [1.29, 1.82) is 0 Å². The second kappa shape index (κ2) is 9.06. The first-order valence-electron chi connectivity index (χ1n) is 7.79. The molecule has 2 aromatic heterocycles. The van der Waals surface area contributed by atoms with Crippen LogP contribution < -0.4 is 5.32 Å². The maximum Gasteiger partial charge on any atom is 0.255 e. The highest BCUT2D eigenvalue weighted by Gasteiger charge is 2.22. The lowest BCUT2D eigenvalue weighted by Crippen LogP contribution is -2.34. The summed E-state index contributed by atoms with van der Waals surface area (Å²) >= 11 is 0. The standard InChI is InChI=1S/C17H22N4O.2ClH/c1-13-12-15(17(22)20-10-5-7-18-9-11-20)14(2)21(13)16-6-3-4-8-19-16;;/h3-4,6,8,12,18H,5,7,9-11H2,1-2H3;2*1H. The van der Waals surface area contributed by atoms with E-state index in [1.54, 1.807) is 6.20 Å². The number of rotatable bonds is 2. The van der Waals surface area contributed by atoms with Gasteiger partial charge in [0.05, 0.1) is 5.56 Å². The molecule has 0 aliphatic carbocycles. The van der Waals surface area contributed by atoms with E-state index in [1.807, 2.05) is 47.6 Å². The molecule has 3 rings (SSSR count). The number of amides is 1. The van der Waals surface area contributed by atoms with Crippen LogP contribution in [0, 0.1) is 13.8 Å². The van der Waals surface area contributed by atoms with Gasteiger partial charge in [-0.1, -0.05) is 6.07 Å². The van der Waals surface area contributed by atoms with Crippen LogP contribution in [0.1, 0.15) is 28.2 Å². The van der Waals surface area contributed by atoms with Gasteiger partial charge in [-0.15, -0.1) is 24.8 Å². The summed E-state index contributed by atoms with van der Waals surface area (Å²) in [5, 5.41) is 3.33. The van der Waals surface area contributed by atoms with Crippen molar-refractivity contribution in [1.82, 2.24) is 19.8 Å². The summed E-state index contributed by atoms with van der Waals surface area (Å²) in [5.41, 5.74) is 2.77. The number of nitrogens with zero attached hydrogens (tertiary/aromatic N) is 3. The average Bonchev–Trinajstić information content (AvgIpc) is 2.73. The van der Waals surface area contributed by atoms with Gasteiger partial charge in [0.2, 0.25) is 0 Å². The van der Waals surface area contributed by atoms with Crippen LogP contribution in [-0.4, -0.2) is 46.5 Å². The Bertz CT molecular complexity index is 665. The number of hydrogen-bond acceptors (Lipinski definition) is 3. The molecule has 0 radical (unpaired) electrons. The second-order valence-corrected chi connectivity index (χ2v) is 5.70. The van der Waals surface area contributed by atoms with Crippen LogP contribution in [0.5, 0.6) is 0 Å². The summed E-state index contributed by atoms with van der Waals surface area (Å²) in [4.78, 5) is 19.2. The number of carbonyl (C=O) groups excluding carboxylic acids is 1. The lowest BCUT2D eigenvalue weighted by atomic mass is 10.2. The molecule has 3 heterocycles. The Morgan fingerprint density at radius 3 is 2.67 bits per heavy atom. The Hall–Kier alpha value is -1.56. The van der Waals surface area contributed by atoms with E-state index >= 15 is 0 Å². The van der Waals surface area contributed by atoms with E-state index in [4.69, 9.17) is 0 Å². The molecule has 5 nitrogen and oxygen atoms in total. The highest BCUT2D eigenvalue weighted by molar-refractivity contribution is 5.96. The van der Waals surface area contributed by atoms with Crippen LogP contribution in [0.15, 0.2) is 30.5 Å². The van der Waals surface area contributed by atoms with Crippen molar-refractivity contribution in [2.75, 3.05) is 26.2 Å². The summed E-state index contributed by atoms with van der Waals surface area (Å²) in [6.45, 7) is 7.44. The number of aromatic nitrogens is 2. The minimum absolute atomic E-state index is 0. The third kappa shape index (κ3) is 4.09. The van der Waals surface area contributed by atoms with Crippen molar-refractivity contribution in [3.63, 3.8) is 0 Å². The van der Waals surface area contributed by atoms with E-state index in [0.29, 0.717) is 0 Å². The molecule has 0 spiro atoms. The van der Waals surface area contributed by atoms with E-state index in [-0.39, 0.29) is 30.7 Å². The zero-order valence-electron chi connectivity index (χ0n) is 14.0. The minimum atomic E-state index is 0. The van der Waals surface area contributed by atoms with Crippen LogP contribution >= 0.6 is 24.8 Å². The van der Waals surface area contributed by atoms with Gasteiger partial charge in [-0.25, -0.2) is 4.98 Å². The predicted octanol–water partition coefficient (Wildman–Crippen LogP) is 2.77. The molecule has 1 fully saturated rings. The summed E-state index contributed by atoms with van der Waals surface area (Å²) in [6, 6.07) is 7.80. The van der Waals surface area contributed by atoms with E-state index in [0.717, 1.165) is 55.4 Å². The van der Waals surface area contributed by atoms with E-state index in [2.05, 4.69) is 10.3 Å². The molecule has 1 N–H and O–H groups in total. The molecule has 24 heavy (non-hydrogen) atoms. The molecule has 1 saturated heterocycles. The first-order valence-corrected chi connectivity index (χ1v) is 7.79. The molecule has 132 valence electrons. The summed E-state index contributed by atoms with van der Waals surface area (Å²) < 4.78 is 2.04. The van der Waals surface area contributed by atoms with Gasteiger partial charge in [0.1, 0.15) is 5.82 Å². The van der Waals surface area contributed by atoms with Crippen molar-refractivity contribution in [2.24, 2.45) is 0 Å². The Balaban J connectivity index is 0.00000144. The fourth-order valence-corrected chi connectivity index (χ4v) is 3.04. The largest absolute Gasteiger partial charge is 0.337 e. The van der Waals surface area contributed by atoms with Gasteiger partial charge in [-0.05, 0) is 45.0 Å². The highest BCUT2D eigenvalue weighted by atomic mass is 35.5. The lowest BCUT2D eigenvalue weighted by Gasteiger charge is -2.20. The smallest absolute Gasteiger partial charge is 0.255 e. The maximum absolute atomic E-state index is 12.8. The van der Waals surface area contributed by atoms with Crippen molar-refractivity contribution < 1.29 is 4.79 Å². The number of aryl methyl sites for hydroxylation is 1. The normalized spacial score (nSPS) is 14.3. The number of halogens is 2. The third-order valence-electron chi connectivity index (χ3n) is 4.17. The molecule has 0 saturated carbocycles. The van der Waals surface area contributed by atoms with Crippen molar-refractivity contribution in [2.45, 2.75) is 20.3 Å². The zero-order chi connectivity index (χ0) is 15.5. The van der Waals surface area contributed by atoms with Gasteiger partial charge in [0.15, 0.2) is 0 Å². The number of nitrogens with one attached hydrogen (secondary N) is 1. The van der Waals surface area contributed by atoms with E-state index < -0.39 is 0 Å². The molecule has 0 aromatic carbocycles. The summed E-state index contributed by atoms with van der Waals surface area (Å²) in [5.74, 6) is 0.980. The van der Waals surface area contributed by atoms with Gasteiger partial charge in [0.25, 0.3) is 5.91 Å². The van der Waals surface area contributed by atoms with Crippen molar-refractivity contribution in [3.8, 4) is 5.82 Å². The van der Waals surface area contributed by atoms with Gasteiger partial charge < -0.3 is 14.8 Å². The number of hydrogen-bond donors (Lipinski definition) is 1. The summed E-state index contributed by atoms with van der Waals surface area (Å²) in [7, 11) is 0. The van der Waals surface area contributed by atoms with Gasteiger partial charge in [-0.3, -0.25) is 4.79 Å². The molecule has 0 bridgehead atoms. The Morgan fingerprint density at radius 2 is 1.96 bits per heavy atom. The fourth-order valence-electron chi connectivity index (χ4n) is 3.04. The quantitative estimate of drug-likeness (QED) is 0.883. The average molecular weight is 371 g/mol. The van der Waals surface area contributed by atoms with Crippen LogP contribution in [0.4, 0.5) is 0 Å². The topological polar surface area (TPSA) is 50.2 Å². The molecular weight excluding hydrogens is 347 g/mol. The fraction of sp³-hybridized carbons (Fsp3) is 0.412. The molecule has 2 aromatic rings. The van der Waals surface area contributed by atoms with Crippen LogP contribution in [-0.2, 0) is 0 Å². The Morgan fingerprint density at radius 1 is 1.17 bits per heavy atom. The molecule has 1 amide bonds. The highest BCUT2D eigenvalue weighted by Crippen LogP contribution is 2.21. The first kappa shape index (κ1) is 20.5. The Labute approximate surface area is 155 Å². The molecule has 1 aliphatic heterocycles. The second-order valence-electron chi connectivity index (χ2n) is 5.70. The van der Waals surface area contributed by atoms with Crippen molar-refractivity contribution >= 4 is 30.7 Å². The SMILES string of the molecule is Cc1cc(C(=O)N2CCCNCC2)c(C)n1-c1ccccn1.Cl.Cl. The predicted molar refractivity (Wildman–Crippen MR) is 101 cm³/mol. The van der Waals surface area contributed by atoms with Crippen molar-refractivity contribution in [3.05, 3.63) is 47.4 Å². The van der Waals surface area contributed by atoms with Gasteiger partial charge >= 0.3 is 0 Å². The van der Waals surface area contributed by atoms with E-state index in [9.17, 15) is 4.79 Å². The van der Waals surface area contributed by atoms with Crippen LogP contribution in [0.2, 0.25) is 0 Å². The number of carbonyl (C=O) groups is 1. The van der Waals surface area contributed by atoms with Crippen LogP contribution in [0.3, 0.4) is 0 Å². The van der Waals surface area contributed by atoms with Crippen LogP contribution in [0.25, 0.3) is 5.82 Å². The maximum atomic E-state index is 12.8. The zero-order valence-corrected chi connectivity index (χ0v) is 15.6. The molecule has 0 atom stereocenters. The summed E-state index contributed by atoms with van der Waals surface area (Å²) in [6.07, 6.45) is 2.78. The first-order chi connectivity index (χ1) is 10.7. The van der Waals surface area contributed by atoms with Gasteiger partial charge in [-0.2, -0.15) is 0 Å². The monoisotopic (exact) mass is 370 g/mol. The molecule has 7 heteroatoms. The molecule has 0 unspecified atom stereocenters. The van der Waals surface area contributed by atoms with E-state index in [1.165, 1.54) is 0 Å².